The van der Waals surface area contributed by atoms with E-state index >= 15 is 0 Å². The summed E-state index contributed by atoms with van der Waals surface area (Å²) in [6.45, 7) is 4.51. The highest BCUT2D eigenvalue weighted by atomic mass is 35.5. The van der Waals surface area contributed by atoms with Crippen LogP contribution in [0.5, 0.6) is 0 Å². The molecule has 0 atom stereocenters. The van der Waals surface area contributed by atoms with E-state index in [-0.39, 0.29) is 12.4 Å². The first-order valence-corrected chi connectivity index (χ1v) is 7.95. The number of imidazole rings is 1. The second-order valence-corrected chi connectivity index (χ2v) is 6.19. The third-order valence-electron chi connectivity index (χ3n) is 4.87. The summed E-state index contributed by atoms with van der Waals surface area (Å²) in [7, 11) is 0. The van der Waals surface area contributed by atoms with E-state index < -0.39 is 0 Å². The van der Waals surface area contributed by atoms with Gasteiger partial charge in [0.15, 0.2) is 0 Å². The molecule has 0 amide bonds. The molecule has 1 fully saturated rings. The third-order valence-corrected chi connectivity index (χ3v) is 4.87. The molecule has 5 heteroatoms. The largest absolute Gasteiger partial charge is 0.384 e. The average molecular weight is 319 g/mol. The second-order valence-electron chi connectivity index (χ2n) is 6.19. The minimum atomic E-state index is 0. The van der Waals surface area contributed by atoms with E-state index in [1.54, 1.807) is 6.33 Å². The lowest BCUT2D eigenvalue weighted by Gasteiger charge is -2.31. The molecule has 3 heterocycles. The fraction of sp³-hybridized carbons (Fsp3) is 0.471. The van der Waals surface area contributed by atoms with Crippen LogP contribution in [0.1, 0.15) is 35.6 Å². The molecule has 0 bridgehead atoms. The molecule has 2 aromatic rings. The molecular weight excluding hydrogens is 296 g/mol. The quantitative estimate of drug-likeness (QED) is 0.913. The first kappa shape index (κ1) is 15.4. The van der Waals surface area contributed by atoms with Crippen molar-refractivity contribution in [1.82, 2.24) is 14.9 Å². The predicted molar refractivity (Wildman–Crippen MR) is 91.7 cm³/mol. The number of aromatic nitrogens is 2. The highest BCUT2D eigenvalue weighted by Crippen LogP contribution is 2.30. The summed E-state index contributed by atoms with van der Waals surface area (Å²) in [6.07, 6.45) is 7.40. The van der Waals surface area contributed by atoms with Crippen molar-refractivity contribution in [2.24, 2.45) is 0 Å². The lowest BCUT2D eigenvalue weighted by molar-refractivity contribution is 0.203. The summed E-state index contributed by atoms with van der Waals surface area (Å²) in [4.78, 5) is 10.00. The van der Waals surface area contributed by atoms with Gasteiger partial charge in [0.2, 0.25) is 0 Å². The first-order chi connectivity index (χ1) is 10.4. The fourth-order valence-corrected chi connectivity index (χ4v) is 3.68. The summed E-state index contributed by atoms with van der Waals surface area (Å²) >= 11 is 0. The number of likely N-dealkylation sites (tertiary alicyclic amines) is 1. The number of benzene rings is 1. The molecule has 118 valence electrons. The maximum Gasteiger partial charge on any atom is 0.0921 e. The van der Waals surface area contributed by atoms with E-state index in [1.807, 2.05) is 6.20 Å². The summed E-state index contributed by atoms with van der Waals surface area (Å²) < 4.78 is 0. The zero-order valence-corrected chi connectivity index (χ0v) is 13.5. The van der Waals surface area contributed by atoms with E-state index in [9.17, 15) is 0 Å². The number of hydrogen-bond acceptors (Lipinski definition) is 3. The molecule has 0 aliphatic carbocycles. The van der Waals surface area contributed by atoms with Gasteiger partial charge in [0.25, 0.3) is 0 Å². The summed E-state index contributed by atoms with van der Waals surface area (Å²) in [6, 6.07) is 6.74. The number of anilines is 1. The van der Waals surface area contributed by atoms with Crippen LogP contribution in [0.3, 0.4) is 0 Å². The molecule has 0 saturated carbocycles. The van der Waals surface area contributed by atoms with Crippen LogP contribution in [-0.2, 0) is 13.0 Å². The Morgan fingerprint density at radius 3 is 2.86 bits per heavy atom. The van der Waals surface area contributed by atoms with Gasteiger partial charge in [0, 0.05) is 36.6 Å². The van der Waals surface area contributed by atoms with E-state index in [0.717, 1.165) is 13.1 Å². The first-order valence-electron chi connectivity index (χ1n) is 7.95. The van der Waals surface area contributed by atoms with Crippen LogP contribution in [-0.4, -0.2) is 34.5 Å². The van der Waals surface area contributed by atoms with Crippen LogP contribution in [0.25, 0.3) is 0 Å². The highest BCUT2D eigenvalue weighted by molar-refractivity contribution is 5.85. The Bertz CT molecular complexity index is 603. The molecule has 0 radical (unpaired) electrons. The Morgan fingerprint density at radius 2 is 2.09 bits per heavy atom. The van der Waals surface area contributed by atoms with Crippen molar-refractivity contribution < 1.29 is 0 Å². The zero-order valence-electron chi connectivity index (χ0n) is 12.7. The predicted octanol–water partition coefficient (Wildman–Crippen LogP) is 3.18. The van der Waals surface area contributed by atoms with Crippen molar-refractivity contribution in [3.63, 3.8) is 0 Å². The number of rotatable bonds is 3. The topological polar surface area (TPSA) is 44.0 Å². The smallest absolute Gasteiger partial charge is 0.0921 e. The van der Waals surface area contributed by atoms with Gasteiger partial charge >= 0.3 is 0 Å². The van der Waals surface area contributed by atoms with Crippen molar-refractivity contribution in [2.75, 3.05) is 25.0 Å². The minimum absolute atomic E-state index is 0. The number of aromatic amines is 1. The van der Waals surface area contributed by atoms with Crippen molar-refractivity contribution in [1.29, 1.82) is 0 Å². The number of halogens is 1. The SMILES string of the molecule is Cl.c1cc2c(c(CN3CCC(c4cnc[nH]4)CC3)c1)NCC2. The molecule has 1 saturated heterocycles. The summed E-state index contributed by atoms with van der Waals surface area (Å²) in [5, 5.41) is 3.55. The van der Waals surface area contributed by atoms with Gasteiger partial charge in [-0.3, -0.25) is 4.90 Å². The minimum Gasteiger partial charge on any atom is -0.384 e. The van der Waals surface area contributed by atoms with Crippen LogP contribution in [0.15, 0.2) is 30.7 Å². The van der Waals surface area contributed by atoms with Crippen LogP contribution < -0.4 is 5.32 Å². The molecule has 4 nitrogen and oxygen atoms in total. The number of fused-ring (bicyclic) bond motifs is 1. The Labute approximate surface area is 137 Å². The third kappa shape index (κ3) is 2.99. The molecule has 2 aliphatic rings. The monoisotopic (exact) mass is 318 g/mol. The standard InChI is InChI=1S/C17H22N4.ClH/c1-2-14-4-7-19-17(14)15(3-1)11-21-8-5-13(6-9-21)16-10-18-12-20-16;/h1-3,10,12-13,19H,4-9,11H2,(H,18,20);1H. The average Bonchev–Trinajstić information content (AvgIpc) is 3.20. The normalized spacial score (nSPS) is 18.5. The van der Waals surface area contributed by atoms with Crippen molar-refractivity contribution in [3.8, 4) is 0 Å². The van der Waals surface area contributed by atoms with Gasteiger partial charge in [0.1, 0.15) is 0 Å². The zero-order chi connectivity index (χ0) is 14.1. The van der Waals surface area contributed by atoms with Crippen molar-refractivity contribution in [2.45, 2.75) is 31.7 Å². The van der Waals surface area contributed by atoms with Gasteiger partial charge in [-0.05, 0) is 43.5 Å². The maximum absolute atomic E-state index is 4.15. The highest BCUT2D eigenvalue weighted by Gasteiger charge is 2.23. The van der Waals surface area contributed by atoms with Gasteiger partial charge in [-0.1, -0.05) is 18.2 Å². The molecule has 4 rings (SSSR count). The van der Waals surface area contributed by atoms with E-state index in [4.69, 9.17) is 0 Å². The van der Waals surface area contributed by atoms with Crippen LogP contribution >= 0.6 is 12.4 Å². The molecule has 22 heavy (non-hydrogen) atoms. The lowest BCUT2D eigenvalue weighted by atomic mass is 9.93. The number of hydrogen-bond donors (Lipinski definition) is 2. The maximum atomic E-state index is 4.15. The molecular formula is C17H23ClN4. The fourth-order valence-electron chi connectivity index (χ4n) is 3.68. The Kier molecular flexibility index (Phi) is 4.69. The Hall–Kier alpha value is -1.52. The van der Waals surface area contributed by atoms with E-state index in [0.29, 0.717) is 5.92 Å². The molecule has 0 spiro atoms. The van der Waals surface area contributed by atoms with E-state index in [1.165, 1.54) is 54.9 Å². The van der Waals surface area contributed by atoms with Crippen molar-refractivity contribution >= 4 is 18.1 Å². The van der Waals surface area contributed by atoms with Crippen LogP contribution in [0.2, 0.25) is 0 Å². The molecule has 1 aromatic heterocycles. The number of H-pyrrole nitrogens is 1. The van der Waals surface area contributed by atoms with Crippen molar-refractivity contribution in [3.05, 3.63) is 47.5 Å². The molecule has 2 N–H and O–H groups in total. The van der Waals surface area contributed by atoms with Gasteiger partial charge in [-0.15, -0.1) is 12.4 Å². The molecule has 0 unspecified atom stereocenters. The Morgan fingerprint density at radius 1 is 1.23 bits per heavy atom. The summed E-state index contributed by atoms with van der Waals surface area (Å²) in [5.41, 5.74) is 5.65. The van der Waals surface area contributed by atoms with Gasteiger partial charge in [-0.25, -0.2) is 4.98 Å². The van der Waals surface area contributed by atoms with Crippen LogP contribution in [0, 0.1) is 0 Å². The number of nitrogens with zero attached hydrogens (tertiary/aromatic N) is 2. The van der Waals surface area contributed by atoms with E-state index in [2.05, 4.69) is 38.4 Å². The number of nitrogens with one attached hydrogen (secondary N) is 2. The van der Waals surface area contributed by atoms with Gasteiger partial charge in [0.05, 0.1) is 6.33 Å². The molecule has 2 aliphatic heterocycles. The number of piperidine rings is 1. The lowest BCUT2D eigenvalue weighted by Crippen LogP contribution is -2.32. The second kappa shape index (κ2) is 6.71. The Balaban J connectivity index is 0.00000144. The van der Waals surface area contributed by atoms with Gasteiger partial charge in [-0.2, -0.15) is 0 Å². The van der Waals surface area contributed by atoms with Gasteiger partial charge < -0.3 is 10.3 Å². The number of para-hydroxylation sites is 1. The summed E-state index contributed by atoms with van der Waals surface area (Å²) in [5.74, 6) is 0.656. The van der Waals surface area contributed by atoms with Crippen LogP contribution in [0.4, 0.5) is 5.69 Å². The molecule has 1 aromatic carbocycles.